The summed E-state index contributed by atoms with van der Waals surface area (Å²) in [6, 6.07) is 12.9. The third kappa shape index (κ3) is 5.50. The SMILES string of the molecule is Cc1cccc(CC(=O)NC(CCC(=O)O)c2ccc(F)cc2)c1. The summed E-state index contributed by atoms with van der Waals surface area (Å²) >= 11 is 0. The topological polar surface area (TPSA) is 66.4 Å². The number of carboxylic acid groups (broad SMARTS) is 1. The molecule has 2 aromatic carbocycles. The van der Waals surface area contributed by atoms with Crippen LogP contribution in [0, 0.1) is 12.7 Å². The highest BCUT2D eigenvalue weighted by atomic mass is 19.1. The first-order valence-corrected chi connectivity index (χ1v) is 7.76. The summed E-state index contributed by atoms with van der Waals surface area (Å²) in [6.45, 7) is 1.95. The smallest absolute Gasteiger partial charge is 0.303 e. The number of hydrogen-bond acceptors (Lipinski definition) is 2. The van der Waals surface area contributed by atoms with Crippen molar-refractivity contribution in [1.82, 2.24) is 5.32 Å². The number of halogens is 1. The molecule has 0 saturated carbocycles. The molecule has 4 nitrogen and oxygen atoms in total. The molecule has 2 rings (SSSR count). The summed E-state index contributed by atoms with van der Waals surface area (Å²) in [5.74, 6) is -1.50. The molecule has 126 valence electrons. The number of amides is 1. The fourth-order valence-electron chi connectivity index (χ4n) is 2.54. The molecule has 2 aromatic rings. The van der Waals surface area contributed by atoms with Crippen LogP contribution in [0.2, 0.25) is 0 Å². The van der Waals surface area contributed by atoms with Gasteiger partial charge in [0, 0.05) is 6.42 Å². The quantitative estimate of drug-likeness (QED) is 0.818. The predicted octanol–water partition coefficient (Wildman–Crippen LogP) is 3.40. The van der Waals surface area contributed by atoms with E-state index in [1.165, 1.54) is 12.1 Å². The van der Waals surface area contributed by atoms with Crippen molar-refractivity contribution < 1.29 is 19.1 Å². The minimum Gasteiger partial charge on any atom is -0.481 e. The van der Waals surface area contributed by atoms with Crippen molar-refractivity contribution >= 4 is 11.9 Å². The first kappa shape index (κ1) is 17.7. The van der Waals surface area contributed by atoms with Crippen LogP contribution < -0.4 is 5.32 Å². The first-order chi connectivity index (χ1) is 11.4. The molecule has 1 unspecified atom stereocenters. The molecule has 0 aliphatic heterocycles. The summed E-state index contributed by atoms with van der Waals surface area (Å²) < 4.78 is 13.1. The van der Waals surface area contributed by atoms with Gasteiger partial charge in [0.15, 0.2) is 0 Å². The van der Waals surface area contributed by atoms with Gasteiger partial charge in [-0.3, -0.25) is 9.59 Å². The van der Waals surface area contributed by atoms with Crippen molar-refractivity contribution in [2.45, 2.75) is 32.2 Å². The van der Waals surface area contributed by atoms with Gasteiger partial charge in [0.05, 0.1) is 12.5 Å². The molecule has 0 fully saturated rings. The number of carboxylic acids is 1. The third-order valence-electron chi connectivity index (χ3n) is 3.70. The molecule has 1 atom stereocenters. The lowest BCUT2D eigenvalue weighted by Crippen LogP contribution is -2.30. The molecule has 1 amide bonds. The van der Waals surface area contributed by atoms with Crippen LogP contribution in [-0.4, -0.2) is 17.0 Å². The van der Waals surface area contributed by atoms with E-state index in [9.17, 15) is 14.0 Å². The number of rotatable bonds is 7. The van der Waals surface area contributed by atoms with E-state index >= 15 is 0 Å². The van der Waals surface area contributed by atoms with E-state index in [0.29, 0.717) is 5.56 Å². The van der Waals surface area contributed by atoms with E-state index in [1.54, 1.807) is 12.1 Å². The van der Waals surface area contributed by atoms with E-state index in [1.807, 2.05) is 31.2 Å². The summed E-state index contributed by atoms with van der Waals surface area (Å²) in [5, 5.41) is 11.7. The van der Waals surface area contributed by atoms with E-state index in [0.717, 1.165) is 11.1 Å². The summed E-state index contributed by atoms with van der Waals surface area (Å²) in [5.41, 5.74) is 2.65. The van der Waals surface area contributed by atoms with Gasteiger partial charge in [0.25, 0.3) is 0 Å². The van der Waals surface area contributed by atoms with Gasteiger partial charge in [0.2, 0.25) is 5.91 Å². The van der Waals surface area contributed by atoms with Crippen molar-refractivity contribution in [2.24, 2.45) is 0 Å². The second-order valence-corrected chi connectivity index (χ2v) is 5.77. The number of carbonyl (C=O) groups is 2. The average molecular weight is 329 g/mol. The number of carbonyl (C=O) groups excluding carboxylic acids is 1. The molecular formula is C19H20FNO3. The second-order valence-electron chi connectivity index (χ2n) is 5.77. The van der Waals surface area contributed by atoms with Crippen molar-refractivity contribution in [1.29, 1.82) is 0 Å². The number of benzene rings is 2. The van der Waals surface area contributed by atoms with Gasteiger partial charge in [-0.2, -0.15) is 0 Å². The zero-order valence-electron chi connectivity index (χ0n) is 13.5. The molecule has 0 heterocycles. The van der Waals surface area contributed by atoms with Crippen molar-refractivity contribution in [3.63, 3.8) is 0 Å². The summed E-state index contributed by atoms with van der Waals surface area (Å²) in [7, 11) is 0. The van der Waals surface area contributed by atoms with Gasteiger partial charge >= 0.3 is 5.97 Å². The minimum absolute atomic E-state index is 0.0766. The van der Waals surface area contributed by atoms with E-state index in [4.69, 9.17) is 5.11 Å². The number of aryl methyl sites for hydroxylation is 1. The molecule has 0 aromatic heterocycles. The molecular weight excluding hydrogens is 309 g/mol. The molecule has 0 aliphatic rings. The van der Waals surface area contributed by atoms with Gasteiger partial charge in [-0.1, -0.05) is 42.0 Å². The average Bonchev–Trinajstić information content (AvgIpc) is 2.52. The Morgan fingerprint density at radius 3 is 2.50 bits per heavy atom. The summed E-state index contributed by atoms with van der Waals surface area (Å²) in [6.07, 6.45) is 0.389. The molecule has 0 radical (unpaired) electrons. The zero-order chi connectivity index (χ0) is 17.5. The highest BCUT2D eigenvalue weighted by Gasteiger charge is 2.16. The Kier molecular flexibility index (Phi) is 6.07. The maximum absolute atomic E-state index is 13.1. The molecule has 5 heteroatoms. The Balaban J connectivity index is 2.07. The van der Waals surface area contributed by atoms with Crippen molar-refractivity contribution in [2.75, 3.05) is 0 Å². The van der Waals surface area contributed by atoms with Crippen LogP contribution in [0.4, 0.5) is 4.39 Å². The highest BCUT2D eigenvalue weighted by molar-refractivity contribution is 5.79. The first-order valence-electron chi connectivity index (χ1n) is 7.76. The van der Waals surface area contributed by atoms with Crippen LogP contribution in [0.15, 0.2) is 48.5 Å². The number of nitrogens with one attached hydrogen (secondary N) is 1. The van der Waals surface area contributed by atoms with Crippen molar-refractivity contribution in [3.8, 4) is 0 Å². The third-order valence-corrected chi connectivity index (χ3v) is 3.70. The fourth-order valence-corrected chi connectivity index (χ4v) is 2.54. The van der Waals surface area contributed by atoms with Gasteiger partial charge in [-0.05, 0) is 36.6 Å². The van der Waals surface area contributed by atoms with Crippen LogP contribution in [0.5, 0.6) is 0 Å². The lowest BCUT2D eigenvalue weighted by atomic mass is 10.0. The second kappa shape index (κ2) is 8.24. The van der Waals surface area contributed by atoms with Crippen LogP contribution in [-0.2, 0) is 16.0 Å². The zero-order valence-corrected chi connectivity index (χ0v) is 13.5. The van der Waals surface area contributed by atoms with Gasteiger partial charge in [-0.25, -0.2) is 4.39 Å². The van der Waals surface area contributed by atoms with E-state index < -0.39 is 12.0 Å². The van der Waals surface area contributed by atoms with Crippen LogP contribution in [0.3, 0.4) is 0 Å². The molecule has 2 N–H and O–H groups in total. The Bertz CT molecular complexity index is 713. The normalized spacial score (nSPS) is 11.8. The van der Waals surface area contributed by atoms with Gasteiger partial charge in [-0.15, -0.1) is 0 Å². The lowest BCUT2D eigenvalue weighted by molar-refractivity contribution is -0.137. The Hall–Kier alpha value is -2.69. The van der Waals surface area contributed by atoms with E-state index in [-0.39, 0.29) is 31.0 Å². The maximum atomic E-state index is 13.1. The lowest BCUT2D eigenvalue weighted by Gasteiger charge is -2.19. The summed E-state index contributed by atoms with van der Waals surface area (Å²) in [4.78, 5) is 23.1. The van der Waals surface area contributed by atoms with Crippen LogP contribution in [0.25, 0.3) is 0 Å². The van der Waals surface area contributed by atoms with Gasteiger partial charge in [0.1, 0.15) is 5.82 Å². The van der Waals surface area contributed by atoms with E-state index in [2.05, 4.69) is 5.32 Å². The Labute approximate surface area is 140 Å². The van der Waals surface area contributed by atoms with Gasteiger partial charge < -0.3 is 10.4 Å². The molecule has 0 spiro atoms. The molecule has 0 bridgehead atoms. The molecule has 0 saturated heterocycles. The minimum atomic E-state index is -0.935. The molecule has 24 heavy (non-hydrogen) atoms. The Morgan fingerprint density at radius 2 is 1.88 bits per heavy atom. The fraction of sp³-hybridized carbons (Fsp3) is 0.263. The monoisotopic (exact) mass is 329 g/mol. The van der Waals surface area contributed by atoms with Crippen LogP contribution in [0.1, 0.15) is 35.6 Å². The largest absolute Gasteiger partial charge is 0.481 e. The Morgan fingerprint density at radius 1 is 1.17 bits per heavy atom. The van der Waals surface area contributed by atoms with Crippen LogP contribution >= 0.6 is 0 Å². The molecule has 0 aliphatic carbocycles. The van der Waals surface area contributed by atoms with Crippen molar-refractivity contribution in [3.05, 3.63) is 71.0 Å². The highest BCUT2D eigenvalue weighted by Crippen LogP contribution is 2.19. The maximum Gasteiger partial charge on any atom is 0.303 e. The predicted molar refractivity (Wildman–Crippen MR) is 89.0 cm³/mol. The standard InChI is InChI=1S/C19H20FNO3/c1-13-3-2-4-14(11-13)12-18(22)21-17(9-10-19(23)24)15-5-7-16(20)8-6-15/h2-8,11,17H,9-10,12H2,1H3,(H,21,22)(H,23,24). The number of aliphatic carboxylic acids is 1. The number of hydrogen-bond donors (Lipinski definition) is 2.